The highest BCUT2D eigenvalue weighted by Crippen LogP contribution is 2.37. The molecule has 2 aromatic rings. The average molecular weight is 258 g/mol. The summed E-state index contributed by atoms with van der Waals surface area (Å²) in [5.41, 5.74) is 2.39. The van der Waals surface area contributed by atoms with E-state index in [4.69, 9.17) is 5.11 Å². The fraction of sp³-hybridized carbons (Fsp3) is 0.400. The molecule has 100 valence electrons. The first-order valence-corrected chi connectivity index (χ1v) is 6.57. The van der Waals surface area contributed by atoms with Crippen molar-refractivity contribution >= 4 is 22.6 Å². The first-order chi connectivity index (χ1) is 9.08. The van der Waals surface area contributed by atoms with E-state index in [1.165, 1.54) is 16.6 Å². The van der Waals surface area contributed by atoms with Crippen molar-refractivity contribution in [3.05, 3.63) is 30.5 Å². The van der Waals surface area contributed by atoms with Gasteiger partial charge in [-0.3, -0.25) is 4.79 Å². The molecular formula is C15H18N2O2. The van der Waals surface area contributed by atoms with E-state index in [1.54, 1.807) is 0 Å². The maximum Gasteiger partial charge on any atom is 0.306 e. The standard InChI is InChI=1S/C15H18N2O2/c1-16-9-14(12-5-3-4-6-13(12)16)17(2)11-7-10(8-11)15(18)19/h3-6,9-11H,7-8H2,1-2H3,(H,18,19). The van der Waals surface area contributed by atoms with Gasteiger partial charge in [0.1, 0.15) is 0 Å². The fourth-order valence-electron chi connectivity index (χ4n) is 2.90. The van der Waals surface area contributed by atoms with Crippen LogP contribution < -0.4 is 4.90 Å². The number of benzene rings is 1. The van der Waals surface area contributed by atoms with E-state index < -0.39 is 5.97 Å². The lowest BCUT2D eigenvalue weighted by Gasteiger charge is -2.40. The molecule has 0 atom stereocenters. The summed E-state index contributed by atoms with van der Waals surface area (Å²) in [5, 5.41) is 10.2. The molecule has 1 heterocycles. The van der Waals surface area contributed by atoms with Crippen molar-refractivity contribution in [2.24, 2.45) is 13.0 Å². The zero-order chi connectivity index (χ0) is 13.6. The maximum atomic E-state index is 10.9. The number of carbonyl (C=O) groups is 1. The summed E-state index contributed by atoms with van der Waals surface area (Å²) >= 11 is 0. The van der Waals surface area contributed by atoms with Crippen LogP contribution in [-0.4, -0.2) is 28.7 Å². The Balaban J connectivity index is 1.87. The van der Waals surface area contributed by atoms with Gasteiger partial charge in [0, 0.05) is 37.2 Å². The number of rotatable bonds is 3. The third-order valence-electron chi connectivity index (χ3n) is 4.27. The largest absolute Gasteiger partial charge is 0.481 e. The Hall–Kier alpha value is -1.97. The minimum Gasteiger partial charge on any atom is -0.481 e. The molecule has 1 aliphatic rings. The first kappa shape index (κ1) is 12.1. The third-order valence-corrected chi connectivity index (χ3v) is 4.27. The van der Waals surface area contributed by atoms with Crippen molar-refractivity contribution in [3.8, 4) is 0 Å². The number of para-hydroxylation sites is 1. The van der Waals surface area contributed by atoms with Crippen molar-refractivity contribution < 1.29 is 9.90 Å². The number of fused-ring (bicyclic) bond motifs is 1. The van der Waals surface area contributed by atoms with Crippen LogP contribution in [0.3, 0.4) is 0 Å². The Morgan fingerprint density at radius 3 is 2.74 bits per heavy atom. The quantitative estimate of drug-likeness (QED) is 0.920. The Morgan fingerprint density at radius 2 is 2.05 bits per heavy atom. The topological polar surface area (TPSA) is 45.5 Å². The van der Waals surface area contributed by atoms with Gasteiger partial charge in [0.05, 0.1) is 11.6 Å². The molecule has 0 saturated heterocycles. The lowest BCUT2D eigenvalue weighted by molar-refractivity contribution is -0.145. The number of hydrogen-bond donors (Lipinski definition) is 1. The number of anilines is 1. The second-order valence-electron chi connectivity index (χ2n) is 5.41. The lowest BCUT2D eigenvalue weighted by Crippen LogP contribution is -2.45. The first-order valence-electron chi connectivity index (χ1n) is 6.57. The Labute approximate surface area is 112 Å². The van der Waals surface area contributed by atoms with Crippen LogP contribution in [0.2, 0.25) is 0 Å². The van der Waals surface area contributed by atoms with Crippen LogP contribution >= 0.6 is 0 Å². The molecule has 1 aromatic carbocycles. The monoisotopic (exact) mass is 258 g/mol. The smallest absolute Gasteiger partial charge is 0.306 e. The molecule has 0 aliphatic heterocycles. The van der Waals surface area contributed by atoms with Gasteiger partial charge in [-0.15, -0.1) is 0 Å². The summed E-state index contributed by atoms with van der Waals surface area (Å²) in [6, 6.07) is 8.64. The number of hydrogen-bond acceptors (Lipinski definition) is 2. The molecule has 4 heteroatoms. The average Bonchev–Trinajstić information content (AvgIpc) is 2.65. The minimum atomic E-state index is -0.664. The second-order valence-corrected chi connectivity index (χ2v) is 5.41. The molecule has 0 unspecified atom stereocenters. The van der Waals surface area contributed by atoms with Gasteiger partial charge >= 0.3 is 5.97 Å². The zero-order valence-corrected chi connectivity index (χ0v) is 11.2. The van der Waals surface area contributed by atoms with Gasteiger partial charge < -0.3 is 14.6 Å². The van der Waals surface area contributed by atoms with Gasteiger partial charge in [-0.1, -0.05) is 18.2 Å². The van der Waals surface area contributed by atoms with Crippen LogP contribution in [0.15, 0.2) is 30.5 Å². The summed E-state index contributed by atoms with van der Waals surface area (Å²) in [5.74, 6) is -0.829. The molecule has 1 aromatic heterocycles. The molecule has 4 nitrogen and oxygen atoms in total. The molecule has 0 radical (unpaired) electrons. The maximum absolute atomic E-state index is 10.9. The molecule has 1 saturated carbocycles. The molecule has 1 fully saturated rings. The van der Waals surface area contributed by atoms with Gasteiger partial charge in [-0.05, 0) is 18.9 Å². The van der Waals surface area contributed by atoms with E-state index >= 15 is 0 Å². The van der Waals surface area contributed by atoms with Gasteiger partial charge in [0.25, 0.3) is 0 Å². The highest BCUT2D eigenvalue weighted by molar-refractivity contribution is 5.93. The van der Waals surface area contributed by atoms with E-state index in [1.807, 2.05) is 19.2 Å². The number of nitrogens with zero attached hydrogens (tertiary/aromatic N) is 2. The molecule has 19 heavy (non-hydrogen) atoms. The Kier molecular flexibility index (Phi) is 2.73. The lowest BCUT2D eigenvalue weighted by atomic mass is 9.79. The highest BCUT2D eigenvalue weighted by atomic mass is 16.4. The van der Waals surface area contributed by atoms with E-state index in [2.05, 4.69) is 34.8 Å². The molecule has 0 bridgehead atoms. The van der Waals surface area contributed by atoms with E-state index in [9.17, 15) is 4.79 Å². The second kappa shape index (κ2) is 4.30. The molecule has 1 aliphatic carbocycles. The number of aromatic nitrogens is 1. The summed E-state index contributed by atoms with van der Waals surface area (Å²) < 4.78 is 2.12. The predicted molar refractivity (Wildman–Crippen MR) is 75.5 cm³/mol. The SMILES string of the molecule is CN(c1cn(C)c2ccccc12)C1CC(C(=O)O)C1. The molecule has 3 rings (SSSR count). The predicted octanol–water partition coefficient (Wildman–Crippen LogP) is 2.48. The molecular weight excluding hydrogens is 240 g/mol. The van der Waals surface area contributed by atoms with Gasteiger partial charge in [-0.2, -0.15) is 0 Å². The van der Waals surface area contributed by atoms with Crippen LogP contribution in [0.4, 0.5) is 5.69 Å². The van der Waals surface area contributed by atoms with Crippen molar-refractivity contribution in [1.29, 1.82) is 0 Å². The van der Waals surface area contributed by atoms with E-state index in [-0.39, 0.29) is 5.92 Å². The molecule has 0 amide bonds. The summed E-state index contributed by atoms with van der Waals surface area (Å²) in [6.45, 7) is 0. The van der Waals surface area contributed by atoms with Crippen molar-refractivity contribution in [3.63, 3.8) is 0 Å². The number of aryl methyl sites for hydroxylation is 1. The Morgan fingerprint density at radius 1 is 1.37 bits per heavy atom. The van der Waals surface area contributed by atoms with Crippen LogP contribution in [0, 0.1) is 5.92 Å². The van der Waals surface area contributed by atoms with Crippen molar-refractivity contribution in [2.75, 3.05) is 11.9 Å². The van der Waals surface area contributed by atoms with Gasteiger partial charge in [-0.25, -0.2) is 0 Å². The summed E-state index contributed by atoms with van der Waals surface area (Å²) in [7, 11) is 4.10. The zero-order valence-electron chi connectivity index (χ0n) is 11.2. The summed E-state index contributed by atoms with van der Waals surface area (Å²) in [6.07, 6.45) is 3.61. The van der Waals surface area contributed by atoms with Gasteiger partial charge in [0.15, 0.2) is 0 Å². The normalized spacial score (nSPS) is 22.2. The van der Waals surface area contributed by atoms with Crippen LogP contribution in [0.25, 0.3) is 10.9 Å². The van der Waals surface area contributed by atoms with Crippen LogP contribution in [-0.2, 0) is 11.8 Å². The van der Waals surface area contributed by atoms with Crippen molar-refractivity contribution in [1.82, 2.24) is 4.57 Å². The van der Waals surface area contributed by atoms with E-state index in [0.29, 0.717) is 6.04 Å². The summed E-state index contributed by atoms with van der Waals surface area (Å²) in [4.78, 5) is 13.1. The van der Waals surface area contributed by atoms with Crippen LogP contribution in [0.1, 0.15) is 12.8 Å². The number of aliphatic carboxylic acids is 1. The Bertz CT molecular complexity index is 626. The number of carboxylic acid groups (broad SMARTS) is 1. The van der Waals surface area contributed by atoms with Crippen molar-refractivity contribution in [2.45, 2.75) is 18.9 Å². The van der Waals surface area contributed by atoms with E-state index in [0.717, 1.165) is 12.8 Å². The fourth-order valence-corrected chi connectivity index (χ4v) is 2.90. The van der Waals surface area contributed by atoms with Gasteiger partial charge in [0.2, 0.25) is 0 Å². The van der Waals surface area contributed by atoms with Crippen LogP contribution in [0.5, 0.6) is 0 Å². The molecule has 1 N–H and O–H groups in total. The molecule has 0 spiro atoms. The third kappa shape index (κ3) is 1.87. The minimum absolute atomic E-state index is 0.164. The number of carboxylic acids is 1. The highest BCUT2D eigenvalue weighted by Gasteiger charge is 2.37.